The zero-order chi connectivity index (χ0) is 29.2. The molecule has 10 nitrogen and oxygen atoms in total. The Labute approximate surface area is 240 Å². The zero-order valence-corrected chi connectivity index (χ0v) is 22.5. The molecule has 0 saturated heterocycles. The number of hydrogen-bond acceptors (Lipinski definition) is 7. The molecule has 10 heteroatoms. The molecule has 0 radical (unpaired) electrons. The van der Waals surface area contributed by atoms with Gasteiger partial charge in [0.05, 0.1) is 21.6 Å². The smallest absolute Gasteiger partial charge is 0.281 e. The van der Waals surface area contributed by atoms with Crippen molar-refractivity contribution >= 4 is 39.8 Å². The maximum atomic E-state index is 13.7. The van der Waals surface area contributed by atoms with E-state index in [4.69, 9.17) is 9.84 Å². The summed E-state index contributed by atoms with van der Waals surface area (Å²) in [5.41, 5.74) is 3.27. The number of nitro benzene ring substituents is 2. The van der Waals surface area contributed by atoms with Crippen molar-refractivity contribution in [3.05, 3.63) is 128 Å². The van der Waals surface area contributed by atoms with Crippen LogP contribution in [-0.4, -0.2) is 33.1 Å². The van der Waals surface area contributed by atoms with Crippen molar-refractivity contribution < 1.29 is 19.4 Å². The Balaban J connectivity index is 1.31. The predicted molar refractivity (Wildman–Crippen MR) is 158 cm³/mol. The highest BCUT2D eigenvalue weighted by atomic mass is 16.6. The summed E-state index contributed by atoms with van der Waals surface area (Å²) in [6.07, 6.45) is 4.35. The number of non-ortho nitro benzene ring substituents is 2. The van der Waals surface area contributed by atoms with E-state index in [1.165, 1.54) is 29.3 Å². The number of carbonyl (C=O) groups excluding carboxylic acids is 1. The fourth-order valence-electron chi connectivity index (χ4n) is 5.70. The molecule has 1 heterocycles. The van der Waals surface area contributed by atoms with E-state index < -0.39 is 15.9 Å². The van der Waals surface area contributed by atoms with Gasteiger partial charge in [-0.3, -0.25) is 25.0 Å². The Bertz CT molecular complexity index is 1750. The van der Waals surface area contributed by atoms with Crippen molar-refractivity contribution in [2.24, 2.45) is 11.0 Å². The van der Waals surface area contributed by atoms with E-state index in [0.717, 1.165) is 52.4 Å². The van der Waals surface area contributed by atoms with Crippen molar-refractivity contribution in [1.29, 1.82) is 0 Å². The van der Waals surface area contributed by atoms with Crippen molar-refractivity contribution in [2.75, 3.05) is 6.61 Å². The van der Waals surface area contributed by atoms with Crippen LogP contribution in [0.25, 0.3) is 16.8 Å². The largest absolute Gasteiger partial charge is 0.484 e. The minimum atomic E-state index is -0.452. The molecule has 42 heavy (non-hydrogen) atoms. The standard InChI is InChI=1S/C32H26N4O6/c37-30(20-42-28-17-12-22-4-1-2-5-24(22)19-28)34-32(23-10-15-27(16-11-23)36(40)41)29-7-3-6-25(31(29)33-34)18-21-8-13-26(14-9-21)35(38)39/h1-2,4-5,8-19,29,32H,3,6-7,20H2/b25-18-/t29-,32+/m1/s1. The molecule has 1 amide bonds. The summed E-state index contributed by atoms with van der Waals surface area (Å²) in [4.78, 5) is 35.1. The molecule has 0 spiro atoms. The van der Waals surface area contributed by atoms with Gasteiger partial charge in [-0.2, -0.15) is 5.10 Å². The highest BCUT2D eigenvalue weighted by molar-refractivity contribution is 6.08. The molecule has 0 N–H and O–H groups in total. The van der Waals surface area contributed by atoms with Gasteiger partial charge in [-0.1, -0.05) is 42.5 Å². The lowest BCUT2D eigenvalue weighted by Crippen LogP contribution is -2.34. The van der Waals surface area contributed by atoms with E-state index in [-0.39, 0.29) is 29.8 Å². The van der Waals surface area contributed by atoms with E-state index in [1.807, 2.05) is 48.5 Å². The van der Waals surface area contributed by atoms with Gasteiger partial charge in [0.1, 0.15) is 5.75 Å². The summed E-state index contributed by atoms with van der Waals surface area (Å²) in [5.74, 6) is 0.120. The molecule has 2 aliphatic rings. The van der Waals surface area contributed by atoms with Crippen LogP contribution in [-0.2, 0) is 4.79 Å². The highest BCUT2D eigenvalue weighted by Gasteiger charge is 2.44. The lowest BCUT2D eigenvalue weighted by atomic mass is 9.77. The number of carbonyl (C=O) groups is 1. The number of nitrogens with zero attached hydrogens (tertiary/aromatic N) is 4. The van der Waals surface area contributed by atoms with Crippen LogP contribution in [0.2, 0.25) is 0 Å². The first-order valence-electron chi connectivity index (χ1n) is 13.6. The molecule has 1 aliphatic carbocycles. The average Bonchev–Trinajstić information content (AvgIpc) is 3.41. The lowest BCUT2D eigenvalue weighted by Gasteiger charge is -2.29. The van der Waals surface area contributed by atoms with Gasteiger partial charge in [0.15, 0.2) is 6.61 Å². The van der Waals surface area contributed by atoms with Crippen LogP contribution >= 0.6 is 0 Å². The topological polar surface area (TPSA) is 128 Å². The normalized spacial score (nSPS) is 18.9. The van der Waals surface area contributed by atoms with Crippen molar-refractivity contribution in [2.45, 2.75) is 25.3 Å². The van der Waals surface area contributed by atoms with Gasteiger partial charge < -0.3 is 4.74 Å². The lowest BCUT2D eigenvalue weighted by molar-refractivity contribution is -0.385. The van der Waals surface area contributed by atoms with Crippen LogP contribution in [0.3, 0.4) is 0 Å². The summed E-state index contributed by atoms with van der Waals surface area (Å²) in [7, 11) is 0. The van der Waals surface area contributed by atoms with Crippen LogP contribution in [0.5, 0.6) is 5.75 Å². The molecule has 6 rings (SSSR count). The third kappa shape index (κ3) is 5.34. The molecule has 4 aromatic rings. The molecule has 4 aromatic carbocycles. The highest BCUT2D eigenvalue weighted by Crippen LogP contribution is 2.44. The van der Waals surface area contributed by atoms with Gasteiger partial charge in [0.25, 0.3) is 17.3 Å². The summed E-state index contributed by atoms with van der Waals surface area (Å²) >= 11 is 0. The maximum Gasteiger partial charge on any atom is 0.281 e. The second-order valence-electron chi connectivity index (χ2n) is 10.3. The molecule has 0 aromatic heterocycles. The summed E-state index contributed by atoms with van der Waals surface area (Å²) < 4.78 is 5.91. The van der Waals surface area contributed by atoms with E-state index in [0.29, 0.717) is 5.75 Å². The first-order valence-corrected chi connectivity index (χ1v) is 13.6. The Kier molecular flexibility index (Phi) is 7.18. The van der Waals surface area contributed by atoms with Gasteiger partial charge in [-0.25, -0.2) is 5.01 Å². The van der Waals surface area contributed by atoms with Crippen LogP contribution in [0, 0.1) is 26.1 Å². The Morgan fingerprint density at radius 3 is 2.26 bits per heavy atom. The van der Waals surface area contributed by atoms with E-state index in [2.05, 4.69) is 0 Å². The molecule has 210 valence electrons. The number of fused-ring (bicyclic) bond motifs is 2. The number of hydrogen-bond donors (Lipinski definition) is 0. The number of amides is 1. The minimum absolute atomic E-state index is 0.0123. The first kappa shape index (κ1) is 26.8. The molecular formula is C32H26N4O6. The molecule has 1 saturated carbocycles. The monoisotopic (exact) mass is 562 g/mol. The van der Waals surface area contributed by atoms with Gasteiger partial charge >= 0.3 is 0 Å². The first-order chi connectivity index (χ1) is 20.4. The van der Waals surface area contributed by atoms with Gasteiger partial charge in [-0.15, -0.1) is 0 Å². The van der Waals surface area contributed by atoms with Crippen LogP contribution in [0.15, 0.2) is 102 Å². The van der Waals surface area contributed by atoms with Crippen molar-refractivity contribution in [1.82, 2.24) is 5.01 Å². The van der Waals surface area contributed by atoms with E-state index in [9.17, 15) is 25.0 Å². The molecule has 1 aliphatic heterocycles. The minimum Gasteiger partial charge on any atom is -0.484 e. The Morgan fingerprint density at radius 2 is 1.57 bits per heavy atom. The molecule has 2 atom stereocenters. The van der Waals surface area contributed by atoms with Crippen LogP contribution in [0.1, 0.15) is 36.4 Å². The number of ether oxygens (including phenoxy) is 1. The summed E-state index contributed by atoms with van der Waals surface area (Å²) in [6.45, 7) is -0.229. The van der Waals surface area contributed by atoms with E-state index >= 15 is 0 Å². The van der Waals surface area contributed by atoms with Crippen LogP contribution < -0.4 is 4.74 Å². The second kappa shape index (κ2) is 11.2. The summed E-state index contributed by atoms with van der Waals surface area (Å²) in [6, 6.07) is 25.6. The number of rotatable bonds is 7. The van der Waals surface area contributed by atoms with Crippen molar-refractivity contribution in [3.63, 3.8) is 0 Å². The quantitative estimate of drug-likeness (QED) is 0.179. The molecule has 0 bridgehead atoms. The second-order valence-corrected chi connectivity index (χ2v) is 10.3. The number of hydrazone groups is 1. The Morgan fingerprint density at radius 1 is 0.905 bits per heavy atom. The fourth-order valence-corrected chi connectivity index (χ4v) is 5.70. The SMILES string of the molecule is O=C(COc1ccc2ccccc2c1)N1N=C2/C(=C\c3ccc([N+](=O)[O-])cc3)CCC[C@H]2[C@@H]1c1ccc([N+](=O)[O-])cc1. The number of benzene rings is 4. The number of allylic oxidation sites excluding steroid dienone is 1. The van der Waals surface area contributed by atoms with Gasteiger partial charge in [-0.05, 0) is 77.1 Å². The molecule has 0 unspecified atom stereocenters. The van der Waals surface area contributed by atoms with Crippen molar-refractivity contribution in [3.8, 4) is 5.75 Å². The fraction of sp³-hybridized carbons (Fsp3) is 0.188. The third-order valence-electron chi connectivity index (χ3n) is 7.73. The van der Waals surface area contributed by atoms with Gasteiger partial charge in [0.2, 0.25) is 0 Å². The maximum absolute atomic E-state index is 13.7. The predicted octanol–water partition coefficient (Wildman–Crippen LogP) is 6.86. The third-order valence-corrected chi connectivity index (χ3v) is 7.73. The van der Waals surface area contributed by atoms with Crippen LogP contribution in [0.4, 0.5) is 11.4 Å². The Hall–Kier alpha value is -5.38. The number of nitro groups is 2. The summed E-state index contributed by atoms with van der Waals surface area (Å²) in [5, 5.41) is 30.7. The molecule has 1 fully saturated rings. The van der Waals surface area contributed by atoms with Gasteiger partial charge in [0, 0.05) is 30.2 Å². The van der Waals surface area contributed by atoms with E-state index in [1.54, 1.807) is 24.3 Å². The zero-order valence-electron chi connectivity index (χ0n) is 22.5. The average molecular weight is 563 g/mol. The molecular weight excluding hydrogens is 536 g/mol.